The minimum atomic E-state index is -2.56. The summed E-state index contributed by atoms with van der Waals surface area (Å²) in [5.74, 6) is -2.34. The lowest BCUT2D eigenvalue weighted by molar-refractivity contribution is -0.0473. The van der Waals surface area contributed by atoms with Gasteiger partial charge in [0.25, 0.3) is 0 Å². The minimum absolute atomic E-state index is 0.0365. The average Bonchev–Trinajstić information content (AvgIpc) is 2.90. The molecule has 0 aromatic heterocycles. The van der Waals surface area contributed by atoms with Gasteiger partial charge in [-0.1, -0.05) is 23.7 Å². The summed E-state index contributed by atoms with van der Waals surface area (Å²) in [6.45, 7) is 2.29. The van der Waals surface area contributed by atoms with Gasteiger partial charge in [-0.2, -0.15) is 0 Å². The summed E-state index contributed by atoms with van der Waals surface area (Å²) in [6.07, 6.45) is 2.37. The number of carbonyl (C=O) groups is 2. The molecular formula is C27H41ClF2N4O4. The first-order valence-corrected chi connectivity index (χ1v) is 13.8. The Kier molecular flexibility index (Phi) is 11.9. The van der Waals surface area contributed by atoms with Gasteiger partial charge in [0.1, 0.15) is 0 Å². The Bertz CT molecular complexity index is 900. The highest BCUT2D eigenvalue weighted by Gasteiger charge is 2.36. The number of rotatable bonds is 11. The van der Waals surface area contributed by atoms with Crippen molar-refractivity contribution in [2.45, 2.75) is 63.0 Å². The van der Waals surface area contributed by atoms with Crippen LogP contribution in [-0.4, -0.2) is 75.9 Å². The summed E-state index contributed by atoms with van der Waals surface area (Å²) in [7, 11) is 3.13. The predicted molar refractivity (Wildman–Crippen MR) is 143 cm³/mol. The van der Waals surface area contributed by atoms with E-state index in [1.807, 2.05) is 30.1 Å². The average molecular weight is 559 g/mol. The Labute approximate surface area is 229 Å². The number of methoxy groups -OCH3 is 1. The van der Waals surface area contributed by atoms with E-state index >= 15 is 0 Å². The summed E-state index contributed by atoms with van der Waals surface area (Å²) >= 11 is 6.26. The molecule has 3 atom stereocenters. The number of likely N-dealkylation sites (tertiary alicyclic amines) is 1. The monoisotopic (exact) mass is 558 g/mol. The van der Waals surface area contributed by atoms with Crippen LogP contribution in [-0.2, 0) is 9.47 Å². The summed E-state index contributed by atoms with van der Waals surface area (Å²) < 4.78 is 38.0. The fourth-order valence-corrected chi connectivity index (χ4v) is 5.68. The standard InChI is InChI=1S/C27H41ClF2N4O4/c1-31-17-23(15-19-8-10-27(29,30)11-9-19)33-25(35)34-13-4-6-21(18-34)24(20-5-3-7-22(28)16-20)38-14-12-32-26(36)37-2/h3,5,7,16,19,21,23-24,31H,4,6,8-15,17-18H2,1-2H3,(H,32,36)(H,33,35)/t21-,23+,24+/m1/s1. The normalized spacial score (nSPS) is 21.4. The van der Waals surface area contributed by atoms with Gasteiger partial charge >= 0.3 is 12.1 Å². The van der Waals surface area contributed by atoms with Gasteiger partial charge in [0.15, 0.2) is 0 Å². The number of hydrogen-bond acceptors (Lipinski definition) is 5. The van der Waals surface area contributed by atoms with Crippen molar-refractivity contribution in [3.8, 4) is 0 Å². The lowest BCUT2D eigenvalue weighted by Crippen LogP contribution is -2.52. The van der Waals surface area contributed by atoms with E-state index in [4.69, 9.17) is 16.3 Å². The van der Waals surface area contributed by atoms with Crippen molar-refractivity contribution >= 4 is 23.7 Å². The van der Waals surface area contributed by atoms with Crippen molar-refractivity contribution in [1.82, 2.24) is 20.9 Å². The van der Waals surface area contributed by atoms with Crippen LogP contribution in [0.15, 0.2) is 24.3 Å². The lowest BCUT2D eigenvalue weighted by Gasteiger charge is -2.38. The Hall–Kier alpha value is -2.17. The highest BCUT2D eigenvalue weighted by Crippen LogP contribution is 2.38. The number of amides is 3. The highest BCUT2D eigenvalue weighted by atomic mass is 35.5. The first kappa shape index (κ1) is 30.4. The van der Waals surface area contributed by atoms with Gasteiger partial charge in [-0.15, -0.1) is 0 Å². The molecule has 0 unspecified atom stereocenters. The van der Waals surface area contributed by atoms with Crippen LogP contribution in [0, 0.1) is 11.8 Å². The van der Waals surface area contributed by atoms with E-state index in [9.17, 15) is 18.4 Å². The number of halogens is 3. The van der Waals surface area contributed by atoms with Crippen molar-refractivity contribution in [2.24, 2.45) is 11.8 Å². The number of piperidine rings is 1. The number of nitrogens with one attached hydrogen (secondary N) is 3. The van der Waals surface area contributed by atoms with Crippen molar-refractivity contribution in [3.63, 3.8) is 0 Å². The quantitative estimate of drug-likeness (QED) is 0.333. The van der Waals surface area contributed by atoms with Crippen LogP contribution in [0.5, 0.6) is 0 Å². The first-order valence-electron chi connectivity index (χ1n) is 13.5. The van der Waals surface area contributed by atoms with E-state index in [0.29, 0.717) is 50.5 Å². The van der Waals surface area contributed by atoms with E-state index in [-0.39, 0.29) is 49.5 Å². The number of alkyl carbamates (subject to hydrolysis) is 1. The molecule has 8 nitrogen and oxygen atoms in total. The summed E-state index contributed by atoms with van der Waals surface area (Å²) in [5, 5.41) is 9.49. The number of urea groups is 1. The molecule has 1 aromatic carbocycles. The molecule has 3 N–H and O–H groups in total. The summed E-state index contributed by atoms with van der Waals surface area (Å²) in [4.78, 5) is 26.5. The topological polar surface area (TPSA) is 91.9 Å². The molecule has 1 saturated heterocycles. The molecule has 2 fully saturated rings. The third-order valence-corrected chi connectivity index (χ3v) is 7.67. The van der Waals surface area contributed by atoms with Crippen LogP contribution in [0.2, 0.25) is 5.02 Å². The maximum absolute atomic E-state index is 13.6. The first-order chi connectivity index (χ1) is 18.2. The number of benzene rings is 1. The minimum Gasteiger partial charge on any atom is -0.453 e. The Balaban J connectivity index is 1.61. The van der Waals surface area contributed by atoms with Crippen LogP contribution >= 0.6 is 11.6 Å². The summed E-state index contributed by atoms with van der Waals surface area (Å²) in [6, 6.07) is 7.23. The van der Waals surface area contributed by atoms with Crippen LogP contribution in [0.3, 0.4) is 0 Å². The number of carbonyl (C=O) groups excluding carboxylic acids is 2. The third kappa shape index (κ3) is 9.54. The van der Waals surface area contributed by atoms with E-state index in [0.717, 1.165) is 18.4 Å². The molecule has 1 aliphatic heterocycles. The van der Waals surface area contributed by atoms with E-state index in [2.05, 4.69) is 20.7 Å². The Morgan fingerprint density at radius 1 is 1.24 bits per heavy atom. The van der Waals surface area contributed by atoms with Crippen molar-refractivity contribution < 1.29 is 27.8 Å². The molecule has 2 aliphatic rings. The molecule has 11 heteroatoms. The van der Waals surface area contributed by atoms with Crippen molar-refractivity contribution in [2.75, 3.05) is 46.9 Å². The molecule has 3 rings (SSSR count). The molecule has 0 spiro atoms. The van der Waals surface area contributed by atoms with E-state index < -0.39 is 12.0 Å². The zero-order valence-electron chi connectivity index (χ0n) is 22.3. The largest absolute Gasteiger partial charge is 0.453 e. The van der Waals surface area contributed by atoms with Crippen LogP contribution in [0.25, 0.3) is 0 Å². The fourth-order valence-electron chi connectivity index (χ4n) is 5.48. The Morgan fingerprint density at radius 2 is 2.00 bits per heavy atom. The third-order valence-electron chi connectivity index (χ3n) is 7.44. The molecule has 1 heterocycles. The van der Waals surface area contributed by atoms with Gasteiger partial charge in [-0.25, -0.2) is 18.4 Å². The van der Waals surface area contributed by atoms with Crippen LogP contribution in [0.4, 0.5) is 18.4 Å². The number of ether oxygens (including phenoxy) is 2. The zero-order valence-corrected chi connectivity index (χ0v) is 23.1. The molecule has 1 aliphatic carbocycles. The molecular weight excluding hydrogens is 518 g/mol. The molecule has 1 aromatic rings. The molecule has 1 saturated carbocycles. The van der Waals surface area contributed by atoms with E-state index in [1.54, 1.807) is 6.07 Å². The second kappa shape index (κ2) is 14.8. The van der Waals surface area contributed by atoms with Gasteiger partial charge in [-0.3, -0.25) is 0 Å². The van der Waals surface area contributed by atoms with Gasteiger partial charge in [0, 0.05) is 56.0 Å². The maximum atomic E-state index is 13.6. The maximum Gasteiger partial charge on any atom is 0.406 e. The number of alkyl halides is 2. The smallest absolute Gasteiger partial charge is 0.406 e. The second-order valence-corrected chi connectivity index (χ2v) is 10.8. The molecule has 38 heavy (non-hydrogen) atoms. The SMILES string of the molecule is CNC[C@H](CC1CCC(F)(F)CC1)NC(=O)N1CCC[C@@H]([C@@H](OCCNC(=O)OC)c2cccc(Cl)c2)C1. The number of hydrogen-bond donors (Lipinski definition) is 3. The highest BCUT2D eigenvalue weighted by molar-refractivity contribution is 6.30. The second-order valence-electron chi connectivity index (χ2n) is 10.4. The number of likely N-dealkylation sites (N-methyl/N-ethyl adjacent to an activating group) is 1. The molecule has 3 amide bonds. The molecule has 0 bridgehead atoms. The van der Waals surface area contributed by atoms with Gasteiger partial charge in [-0.05, 0) is 62.8 Å². The Morgan fingerprint density at radius 3 is 2.68 bits per heavy atom. The summed E-state index contributed by atoms with van der Waals surface area (Å²) in [5.41, 5.74) is 0.921. The van der Waals surface area contributed by atoms with Crippen LogP contribution in [0.1, 0.15) is 56.6 Å². The van der Waals surface area contributed by atoms with Crippen LogP contribution < -0.4 is 16.0 Å². The zero-order chi connectivity index (χ0) is 27.5. The van der Waals surface area contributed by atoms with E-state index in [1.165, 1.54) is 7.11 Å². The van der Waals surface area contributed by atoms with Crippen molar-refractivity contribution in [1.29, 1.82) is 0 Å². The fraction of sp³-hybridized carbons (Fsp3) is 0.704. The number of nitrogens with zero attached hydrogens (tertiary/aromatic N) is 1. The van der Waals surface area contributed by atoms with Gasteiger partial charge in [0.2, 0.25) is 5.92 Å². The molecule has 0 radical (unpaired) electrons. The lowest BCUT2D eigenvalue weighted by atomic mass is 9.83. The van der Waals surface area contributed by atoms with Gasteiger partial charge in [0.05, 0.1) is 19.8 Å². The predicted octanol–water partition coefficient (Wildman–Crippen LogP) is 4.98. The van der Waals surface area contributed by atoms with Crippen molar-refractivity contribution in [3.05, 3.63) is 34.9 Å². The molecule has 214 valence electrons. The van der Waals surface area contributed by atoms with Gasteiger partial charge < -0.3 is 30.3 Å².